The van der Waals surface area contributed by atoms with E-state index < -0.39 is 0 Å². The third kappa shape index (κ3) is 3.27. The molecule has 0 amide bonds. The smallest absolute Gasteiger partial charge is 0.00925 e. The van der Waals surface area contributed by atoms with E-state index >= 15 is 0 Å². The standard InChI is InChI=1S/C16H32N2/c1-5-18(4)15-6-8-16(9-7-15)10-14(11-16)12-17-13(2)3/h13-15,17H,5-12H2,1-4H3. The second-order valence-corrected chi connectivity index (χ2v) is 7.14. The molecule has 2 fully saturated rings. The third-order valence-corrected chi connectivity index (χ3v) is 5.40. The van der Waals surface area contributed by atoms with Gasteiger partial charge < -0.3 is 10.2 Å². The molecule has 0 atom stereocenters. The van der Waals surface area contributed by atoms with Crippen molar-refractivity contribution >= 4 is 0 Å². The van der Waals surface area contributed by atoms with Crippen LogP contribution in [0.2, 0.25) is 0 Å². The van der Waals surface area contributed by atoms with E-state index in [1.807, 2.05) is 0 Å². The Morgan fingerprint density at radius 1 is 1.22 bits per heavy atom. The van der Waals surface area contributed by atoms with Crippen LogP contribution in [0.3, 0.4) is 0 Å². The van der Waals surface area contributed by atoms with Gasteiger partial charge in [-0.1, -0.05) is 20.8 Å². The molecule has 0 aromatic heterocycles. The Morgan fingerprint density at radius 2 is 1.83 bits per heavy atom. The fourth-order valence-electron chi connectivity index (χ4n) is 4.03. The quantitative estimate of drug-likeness (QED) is 0.808. The Labute approximate surface area is 114 Å². The van der Waals surface area contributed by atoms with Crippen LogP contribution in [0.25, 0.3) is 0 Å². The summed E-state index contributed by atoms with van der Waals surface area (Å²) in [6.07, 6.45) is 8.84. The van der Waals surface area contributed by atoms with Crippen molar-refractivity contribution in [2.75, 3.05) is 20.1 Å². The Hall–Kier alpha value is -0.0800. The summed E-state index contributed by atoms with van der Waals surface area (Å²) in [4.78, 5) is 2.54. The fourth-order valence-corrected chi connectivity index (χ4v) is 4.03. The highest BCUT2D eigenvalue weighted by atomic mass is 15.1. The van der Waals surface area contributed by atoms with Gasteiger partial charge in [0.25, 0.3) is 0 Å². The average Bonchev–Trinajstić information content (AvgIpc) is 2.33. The van der Waals surface area contributed by atoms with Crippen molar-refractivity contribution in [3.63, 3.8) is 0 Å². The van der Waals surface area contributed by atoms with Crippen molar-refractivity contribution in [1.82, 2.24) is 10.2 Å². The molecule has 2 rings (SSSR count). The van der Waals surface area contributed by atoms with Gasteiger partial charge in [-0.25, -0.2) is 0 Å². The van der Waals surface area contributed by atoms with Gasteiger partial charge in [-0.15, -0.1) is 0 Å². The lowest BCUT2D eigenvalue weighted by Crippen LogP contribution is -2.47. The average molecular weight is 252 g/mol. The molecule has 1 N–H and O–H groups in total. The predicted octanol–water partition coefficient (Wildman–Crippen LogP) is 3.28. The van der Waals surface area contributed by atoms with Crippen molar-refractivity contribution in [3.8, 4) is 0 Å². The van der Waals surface area contributed by atoms with E-state index in [0.717, 1.165) is 17.4 Å². The summed E-state index contributed by atoms with van der Waals surface area (Å²) in [6, 6.07) is 1.52. The molecule has 0 unspecified atom stereocenters. The molecule has 0 aromatic carbocycles. The molecule has 2 aliphatic carbocycles. The van der Waals surface area contributed by atoms with Crippen LogP contribution in [0.5, 0.6) is 0 Å². The topological polar surface area (TPSA) is 15.3 Å². The summed E-state index contributed by atoms with van der Waals surface area (Å²) >= 11 is 0. The molecule has 2 heteroatoms. The second-order valence-electron chi connectivity index (χ2n) is 7.14. The van der Waals surface area contributed by atoms with Crippen LogP contribution >= 0.6 is 0 Å². The van der Waals surface area contributed by atoms with Gasteiger partial charge >= 0.3 is 0 Å². The van der Waals surface area contributed by atoms with Crippen LogP contribution in [0.1, 0.15) is 59.3 Å². The monoisotopic (exact) mass is 252 g/mol. The first-order chi connectivity index (χ1) is 8.54. The number of hydrogen-bond acceptors (Lipinski definition) is 2. The molecule has 106 valence electrons. The van der Waals surface area contributed by atoms with Crippen molar-refractivity contribution in [1.29, 1.82) is 0 Å². The molecule has 1 spiro atoms. The molecule has 2 nitrogen and oxygen atoms in total. The van der Waals surface area contributed by atoms with Crippen LogP contribution in [0, 0.1) is 11.3 Å². The normalized spacial score (nSPS) is 36.3. The molecule has 18 heavy (non-hydrogen) atoms. The number of nitrogens with one attached hydrogen (secondary N) is 1. The van der Waals surface area contributed by atoms with Gasteiger partial charge in [0, 0.05) is 12.1 Å². The molecule has 0 radical (unpaired) electrons. The van der Waals surface area contributed by atoms with Gasteiger partial charge in [0.15, 0.2) is 0 Å². The van der Waals surface area contributed by atoms with Gasteiger partial charge in [-0.2, -0.15) is 0 Å². The van der Waals surface area contributed by atoms with Crippen LogP contribution in [0.15, 0.2) is 0 Å². The van der Waals surface area contributed by atoms with Crippen LogP contribution in [-0.4, -0.2) is 37.1 Å². The largest absolute Gasteiger partial charge is 0.314 e. The minimum Gasteiger partial charge on any atom is -0.314 e. The molecule has 0 bridgehead atoms. The summed E-state index contributed by atoms with van der Waals surface area (Å²) in [6.45, 7) is 9.23. The van der Waals surface area contributed by atoms with E-state index in [9.17, 15) is 0 Å². The zero-order chi connectivity index (χ0) is 13.2. The zero-order valence-corrected chi connectivity index (χ0v) is 12.8. The first kappa shape index (κ1) is 14.3. The van der Waals surface area contributed by atoms with E-state index in [0.29, 0.717) is 6.04 Å². The number of nitrogens with zero attached hydrogens (tertiary/aromatic N) is 1. The van der Waals surface area contributed by atoms with Gasteiger partial charge in [0.1, 0.15) is 0 Å². The summed E-state index contributed by atoms with van der Waals surface area (Å²) in [7, 11) is 2.29. The van der Waals surface area contributed by atoms with E-state index in [2.05, 4.69) is 38.0 Å². The van der Waals surface area contributed by atoms with Crippen molar-refractivity contribution in [2.45, 2.75) is 71.4 Å². The Morgan fingerprint density at radius 3 is 2.33 bits per heavy atom. The van der Waals surface area contributed by atoms with E-state index in [-0.39, 0.29) is 0 Å². The summed E-state index contributed by atoms with van der Waals surface area (Å²) < 4.78 is 0. The third-order valence-electron chi connectivity index (χ3n) is 5.40. The second kappa shape index (κ2) is 5.92. The summed E-state index contributed by atoms with van der Waals surface area (Å²) in [5, 5.41) is 3.60. The first-order valence-corrected chi connectivity index (χ1v) is 7.98. The van der Waals surface area contributed by atoms with Crippen LogP contribution in [-0.2, 0) is 0 Å². The van der Waals surface area contributed by atoms with Gasteiger partial charge in [0.05, 0.1) is 0 Å². The highest BCUT2D eigenvalue weighted by Gasteiger charge is 2.45. The van der Waals surface area contributed by atoms with E-state index in [1.165, 1.54) is 51.6 Å². The van der Waals surface area contributed by atoms with Crippen LogP contribution in [0.4, 0.5) is 0 Å². The molecule has 0 saturated heterocycles. The Balaban J connectivity index is 1.68. The minimum atomic E-state index is 0.649. The molecular weight excluding hydrogens is 220 g/mol. The van der Waals surface area contributed by atoms with Crippen molar-refractivity contribution in [3.05, 3.63) is 0 Å². The van der Waals surface area contributed by atoms with Gasteiger partial charge in [-0.05, 0) is 70.0 Å². The minimum absolute atomic E-state index is 0.649. The van der Waals surface area contributed by atoms with E-state index in [1.54, 1.807) is 0 Å². The summed E-state index contributed by atoms with van der Waals surface area (Å²) in [5.41, 5.74) is 0.758. The van der Waals surface area contributed by atoms with Gasteiger partial charge in [-0.3, -0.25) is 0 Å². The molecule has 0 aliphatic heterocycles. The number of rotatable bonds is 5. The van der Waals surface area contributed by atoms with Crippen LogP contribution < -0.4 is 5.32 Å². The maximum absolute atomic E-state index is 3.60. The highest BCUT2D eigenvalue weighted by Crippen LogP contribution is 2.54. The lowest BCUT2D eigenvalue weighted by Gasteiger charge is -2.53. The molecule has 0 heterocycles. The summed E-state index contributed by atoms with van der Waals surface area (Å²) in [5.74, 6) is 0.966. The number of hydrogen-bond donors (Lipinski definition) is 1. The first-order valence-electron chi connectivity index (χ1n) is 7.98. The Kier molecular flexibility index (Phi) is 4.71. The predicted molar refractivity (Wildman–Crippen MR) is 78.9 cm³/mol. The molecular formula is C16H32N2. The molecule has 0 aromatic rings. The fraction of sp³-hybridized carbons (Fsp3) is 1.00. The molecule has 2 saturated carbocycles. The van der Waals surface area contributed by atoms with E-state index in [4.69, 9.17) is 0 Å². The van der Waals surface area contributed by atoms with Gasteiger partial charge in [0.2, 0.25) is 0 Å². The maximum atomic E-state index is 3.60. The highest BCUT2D eigenvalue weighted by molar-refractivity contribution is 4.98. The molecule has 2 aliphatic rings. The van der Waals surface area contributed by atoms with Crippen molar-refractivity contribution < 1.29 is 0 Å². The Bertz CT molecular complexity index is 246. The SMILES string of the molecule is CCN(C)C1CCC2(CC1)CC(CNC(C)C)C2. The lowest BCUT2D eigenvalue weighted by atomic mass is 9.55. The lowest BCUT2D eigenvalue weighted by molar-refractivity contribution is -0.00807. The zero-order valence-electron chi connectivity index (χ0n) is 12.8. The van der Waals surface area contributed by atoms with Crippen molar-refractivity contribution in [2.24, 2.45) is 11.3 Å². The maximum Gasteiger partial charge on any atom is 0.00925 e.